The first-order chi connectivity index (χ1) is 5.55. The Balaban J connectivity index is 2.91. The summed E-state index contributed by atoms with van der Waals surface area (Å²) in [7, 11) is 0. The first-order valence-electron chi connectivity index (χ1n) is 4.05. The molecule has 0 saturated carbocycles. The fourth-order valence-corrected chi connectivity index (χ4v) is 1.10. The molecule has 0 aliphatic carbocycles. The molecule has 0 amide bonds. The van der Waals surface area contributed by atoms with E-state index in [0.29, 0.717) is 6.54 Å². The number of rotatable bonds is 2. The lowest BCUT2D eigenvalue weighted by Crippen LogP contribution is -2.19. The van der Waals surface area contributed by atoms with Gasteiger partial charge in [0.25, 0.3) is 0 Å². The fraction of sp³-hybridized carbons (Fsp3) is 0.750. The van der Waals surface area contributed by atoms with Crippen molar-refractivity contribution in [2.75, 3.05) is 6.61 Å². The monoisotopic (exact) mass is 169 g/mol. The summed E-state index contributed by atoms with van der Waals surface area (Å²) < 4.78 is 1.74. The van der Waals surface area contributed by atoms with E-state index in [1.165, 1.54) is 0 Å². The van der Waals surface area contributed by atoms with E-state index in [9.17, 15) is 0 Å². The smallest absolute Gasteiger partial charge is 0.0730 e. The van der Waals surface area contributed by atoms with Gasteiger partial charge in [-0.2, -0.15) is 0 Å². The maximum absolute atomic E-state index is 8.74. The Morgan fingerprint density at radius 1 is 1.50 bits per heavy atom. The average molecular weight is 169 g/mol. The van der Waals surface area contributed by atoms with E-state index in [4.69, 9.17) is 5.11 Å². The molecule has 0 bridgehead atoms. The van der Waals surface area contributed by atoms with Gasteiger partial charge in [-0.1, -0.05) is 26.0 Å². The van der Waals surface area contributed by atoms with Gasteiger partial charge in [-0.25, -0.2) is 4.68 Å². The predicted molar refractivity (Wildman–Crippen MR) is 45.8 cm³/mol. The molecule has 0 aromatic carbocycles. The minimum atomic E-state index is 0.0403. The number of aromatic nitrogens is 3. The van der Waals surface area contributed by atoms with Crippen molar-refractivity contribution in [3.05, 3.63) is 11.9 Å². The van der Waals surface area contributed by atoms with E-state index in [1.807, 2.05) is 0 Å². The zero-order chi connectivity index (χ0) is 9.19. The van der Waals surface area contributed by atoms with Crippen LogP contribution in [0.2, 0.25) is 0 Å². The summed E-state index contributed by atoms with van der Waals surface area (Å²) in [5.74, 6) is 0. The fourth-order valence-electron chi connectivity index (χ4n) is 1.10. The molecule has 4 heteroatoms. The number of hydrogen-bond donors (Lipinski definition) is 1. The third-order valence-electron chi connectivity index (χ3n) is 1.70. The summed E-state index contributed by atoms with van der Waals surface area (Å²) in [6.45, 7) is 6.91. The first-order valence-corrected chi connectivity index (χ1v) is 4.05. The lowest BCUT2D eigenvalue weighted by molar-refractivity contribution is 0.262. The largest absolute Gasteiger partial charge is 0.394 e. The van der Waals surface area contributed by atoms with Crippen LogP contribution in [-0.2, 0) is 12.0 Å². The SMILES string of the molecule is CC(C)(C)c1cnnn1CCO. The van der Waals surface area contributed by atoms with Crippen LogP contribution < -0.4 is 0 Å². The average Bonchev–Trinajstić information content (AvgIpc) is 2.34. The summed E-state index contributed by atoms with van der Waals surface area (Å²) in [6, 6.07) is 0. The Bertz CT molecular complexity index is 249. The molecule has 0 saturated heterocycles. The standard InChI is InChI=1S/C8H15N3O/c1-8(2,3)7-6-9-10-11(7)4-5-12/h6,12H,4-5H2,1-3H3. The van der Waals surface area contributed by atoms with Crippen molar-refractivity contribution in [2.24, 2.45) is 0 Å². The van der Waals surface area contributed by atoms with E-state index < -0.39 is 0 Å². The summed E-state index contributed by atoms with van der Waals surface area (Å²) in [5.41, 5.74) is 1.09. The van der Waals surface area contributed by atoms with E-state index in [-0.39, 0.29) is 12.0 Å². The number of aliphatic hydroxyl groups excluding tert-OH is 1. The van der Waals surface area contributed by atoms with Crippen molar-refractivity contribution < 1.29 is 5.11 Å². The molecular weight excluding hydrogens is 154 g/mol. The third-order valence-corrected chi connectivity index (χ3v) is 1.70. The van der Waals surface area contributed by atoms with E-state index >= 15 is 0 Å². The van der Waals surface area contributed by atoms with Crippen molar-refractivity contribution in [2.45, 2.75) is 32.7 Å². The summed E-state index contributed by atoms with van der Waals surface area (Å²) in [5, 5.41) is 16.4. The molecule has 0 fully saturated rings. The highest BCUT2D eigenvalue weighted by Gasteiger charge is 2.18. The van der Waals surface area contributed by atoms with Gasteiger partial charge < -0.3 is 5.11 Å². The van der Waals surface area contributed by atoms with Gasteiger partial charge in [-0.05, 0) is 0 Å². The molecule has 0 aliphatic rings. The molecule has 4 nitrogen and oxygen atoms in total. The minimum absolute atomic E-state index is 0.0403. The van der Waals surface area contributed by atoms with Crippen LogP contribution in [0.15, 0.2) is 6.20 Å². The molecule has 1 rings (SSSR count). The van der Waals surface area contributed by atoms with Crippen molar-refractivity contribution in [3.63, 3.8) is 0 Å². The zero-order valence-corrected chi connectivity index (χ0v) is 7.78. The predicted octanol–water partition coefficient (Wildman–Crippen LogP) is 0.568. The number of aliphatic hydroxyl groups is 1. The highest BCUT2D eigenvalue weighted by Crippen LogP contribution is 2.20. The van der Waals surface area contributed by atoms with Crippen LogP contribution in [0.5, 0.6) is 0 Å². The molecule has 1 heterocycles. The summed E-state index contributed by atoms with van der Waals surface area (Å²) in [6.07, 6.45) is 1.75. The highest BCUT2D eigenvalue weighted by atomic mass is 16.3. The van der Waals surface area contributed by atoms with Crippen molar-refractivity contribution >= 4 is 0 Å². The second-order valence-corrected chi connectivity index (χ2v) is 3.82. The van der Waals surface area contributed by atoms with E-state index in [1.54, 1.807) is 10.9 Å². The Kier molecular flexibility index (Phi) is 2.47. The minimum Gasteiger partial charge on any atom is -0.394 e. The molecule has 0 aliphatic heterocycles. The molecule has 1 N–H and O–H groups in total. The van der Waals surface area contributed by atoms with Crippen LogP contribution in [0.3, 0.4) is 0 Å². The zero-order valence-electron chi connectivity index (χ0n) is 7.78. The van der Waals surface area contributed by atoms with E-state index in [2.05, 4.69) is 31.1 Å². The van der Waals surface area contributed by atoms with E-state index in [0.717, 1.165) is 5.69 Å². The van der Waals surface area contributed by atoms with Gasteiger partial charge in [0, 0.05) is 5.41 Å². The van der Waals surface area contributed by atoms with Crippen LogP contribution in [0.25, 0.3) is 0 Å². The van der Waals surface area contributed by atoms with Gasteiger partial charge >= 0.3 is 0 Å². The normalized spacial score (nSPS) is 12.0. The van der Waals surface area contributed by atoms with Crippen molar-refractivity contribution in [3.8, 4) is 0 Å². The van der Waals surface area contributed by atoms with Crippen LogP contribution in [0.1, 0.15) is 26.5 Å². The van der Waals surface area contributed by atoms with Gasteiger partial charge in [0.05, 0.1) is 25.0 Å². The maximum atomic E-state index is 8.74. The third kappa shape index (κ3) is 1.82. The topological polar surface area (TPSA) is 50.9 Å². The quantitative estimate of drug-likeness (QED) is 0.704. The number of hydrogen-bond acceptors (Lipinski definition) is 3. The van der Waals surface area contributed by atoms with Gasteiger partial charge in [0.2, 0.25) is 0 Å². The van der Waals surface area contributed by atoms with Crippen LogP contribution in [0.4, 0.5) is 0 Å². The lowest BCUT2D eigenvalue weighted by atomic mass is 9.93. The van der Waals surface area contributed by atoms with Crippen molar-refractivity contribution in [1.82, 2.24) is 15.0 Å². The van der Waals surface area contributed by atoms with Gasteiger partial charge in [0.15, 0.2) is 0 Å². The Morgan fingerprint density at radius 2 is 2.17 bits per heavy atom. The molecular formula is C8H15N3O. The Hall–Kier alpha value is -0.900. The molecule has 0 spiro atoms. The lowest BCUT2D eigenvalue weighted by Gasteiger charge is -2.18. The van der Waals surface area contributed by atoms with Gasteiger partial charge in [-0.3, -0.25) is 0 Å². The van der Waals surface area contributed by atoms with Crippen LogP contribution in [0, 0.1) is 0 Å². The Morgan fingerprint density at radius 3 is 2.67 bits per heavy atom. The molecule has 68 valence electrons. The molecule has 12 heavy (non-hydrogen) atoms. The number of nitrogens with zero attached hydrogens (tertiary/aromatic N) is 3. The van der Waals surface area contributed by atoms with Crippen LogP contribution in [-0.4, -0.2) is 26.7 Å². The maximum Gasteiger partial charge on any atom is 0.0730 e. The molecule has 0 atom stereocenters. The molecule has 0 unspecified atom stereocenters. The van der Waals surface area contributed by atoms with Gasteiger partial charge in [0.1, 0.15) is 0 Å². The molecule has 0 radical (unpaired) electrons. The molecule has 1 aromatic rings. The Labute approximate surface area is 72.2 Å². The summed E-state index contributed by atoms with van der Waals surface area (Å²) in [4.78, 5) is 0. The van der Waals surface area contributed by atoms with Gasteiger partial charge in [-0.15, -0.1) is 5.10 Å². The molecule has 1 aromatic heterocycles. The summed E-state index contributed by atoms with van der Waals surface area (Å²) >= 11 is 0. The second-order valence-electron chi connectivity index (χ2n) is 3.82. The second kappa shape index (κ2) is 3.23. The first kappa shape index (κ1) is 9.19. The van der Waals surface area contributed by atoms with Crippen molar-refractivity contribution in [1.29, 1.82) is 0 Å². The van der Waals surface area contributed by atoms with Crippen LogP contribution >= 0.6 is 0 Å². The highest BCUT2D eigenvalue weighted by molar-refractivity contribution is 5.07.